The fourth-order valence-electron chi connectivity index (χ4n) is 2.49. The Morgan fingerprint density at radius 2 is 2.04 bits per heavy atom. The number of nitrogens with one attached hydrogen (secondary N) is 1. The number of ether oxygens (including phenoxy) is 2. The van der Waals surface area contributed by atoms with Gasteiger partial charge in [0.2, 0.25) is 0 Å². The molecule has 0 atom stereocenters. The number of carbonyl (C=O) groups excluding carboxylic acids is 1. The van der Waals surface area contributed by atoms with Crippen LogP contribution < -0.4 is 10.3 Å². The third-order valence-electron chi connectivity index (χ3n) is 3.69. The molecule has 0 amide bonds. The Hall–Kier alpha value is -3.75. The Labute approximate surface area is 152 Å². The molecule has 0 fully saturated rings. The van der Waals surface area contributed by atoms with Gasteiger partial charge in [-0.3, -0.25) is 14.9 Å². The van der Waals surface area contributed by atoms with E-state index in [9.17, 15) is 19.7 Å². The number of fused-ring (bicyclic) bond motifs is 1. The second-order valence-corrected chi connectivity index (χ2v) is 5.48. The van der Waals surface area contributed by atoms with Crippen molar-refractivity contribution in [2.24, 2.45) is 0 Å². The van der Waals surface area contributed by atoms with Crippen LogP contribution in [0.25, 0.3) is 10.9 Å². The minimum atomic E-state index is -0.781. The lowest BCUT2D eigenvalue weighted by atomic mass is 10.2. The number of aromatic nitrogens is 2. The molecular formula is C18H15N3O6. The normalized spacial score (nSPS) is 10.6. The summed E-state index contributed by atoms with van der Waals surface area (Å²) in [6.07, 6.45) is 0. The topological polar surface area (TPSA) is 124 Å². The van der Waals surface area contributed by atoms with Crippen LogP contribution in [0, 0.1) is 10.1 Å². The zero-order chi connectivity index (χ0) is 19.4. The molecule has 138 valence electrons. The number of rotatable bonds is 6. The third-order valence-corrected chi connectivity index (χ3v) is 3.69. The average Bonchev–Trinajstić information content (AvgIpc) is 2.66. The highest BCUT2D eigenvalue weighted by Crippen LogP contribution is 2.28. The Bertz CT molecular complexity index is 1080. The Morgan fingerprint density at radius 3 is 2.78 bits per heavy atom. The number of benzene rings is 2. The number of carbonyl (C=O) groups is 1. The molecule has 0 saturated carbocycles. The molecule has 9 heteroatoms. The number of hydrogen-bond acceptors (Lipinski definition) is 7. The molecule has 1 N–H and O–H groups in total. The maximum atomic E-state index is 12.2. The lowest BCUT2D eigenvalue weighted by molar-refractivity contribution is -0.385. The van der Waals surface area contributed by atoms with E-state index in [2.05, 4.69) is 9.97 Å². The second kappa shape index (κ2) is 7.65. The van der Waals surface area contributed by atoms with Crippen molar-refractivity contribution < 1.29 is 19.2 Å². The highest BCUT2D eigenvalue weighted by atomic mass is 16.6. The summed E-state index contributed by atoms with van der Waals surface area (Å²) in [5.74, 6) is -0.538. The predicted octanol–water partition coefficient (Wildman–Crippen LogP) is 2.59. The molecule has 27 heavy (non-hydrogen) atoms. The van der Waals surface area contributed by atoms with Crippen molar-refractivity contribution in [3.8, 4) is 5.75 Å². The first-order valence-corrected chi connectivity index (χ1v) is 8.06. The molecule has 0 spiro atoms. The minimum absolute atomic E-state index is 0.00621. The first kappa shape index (κ1) is 18.1. The van der Waals surface area contributed by atoms with Gasteiger partial charge in [0, 0.05) is 6.07 Å². The van der Waals surface area contributed by atoms with Gasteiger partial charge in [0.15, 0.2) is 5.75 Å². The van der Waals surface area contributed by atoms with Crippen molar-refractivity contribution in [3.05, 3.63) is 74.3 Å². The van der Waals surface area contributed by atoms with Crippen LogP contribution in [0.5, 0.6) is 5.75 Å². The summed E-state index contributed by atoms with van der Waals surface area (Å²) in [5.41, 5.74) is -0.204. The van der Waals surface area contributed by atoms with Crippen LogP contribution in [-0.4, -0.2) is 27.5 Å². The van der Waals surface area contributed by atoms with Crippen LogP contribution in [0.4, 0.5) is 5.69 Å². The van der Waals surface area contributed by atoms with Gasteiger partial charge < -0.3 is 14.5 Å². The van der Waals surface area contributed by atoms with Gasteiger partial charge in [0.1, 0.15) is 12.4 Å². The number of para-hydroxylation sites is 1. The van der Waals surface area contributed by atoms with Crippen molar-refractivity contribution in [2.75, 3.05) is 6.61 Å². The summed E-state index contributed by atoms with van der Waals surface area (Å²) in [6.45, 7) is 1.68. The quantitative estimate of drug-likeness (QED) is 0.402. The SMILES string of the molecule is CCOc1ccc(C(=O)OCc2nc3ccccc3c(=O)[nH]2)cc1[N+](=O)[O-]. The molecule has 1 heterocycles. The van der Waals surface area contributed by atoms with Crippen molar-refractivity contribution in [2.45, 2.75) is 13.5 Å². The van der Waals surface area contributed by atoms with Gasteiger partial charge in [-0.05, 0) is 31.2 Å². The van der Waals surface area contributed by atoms with E-state index < -0.39 is 10.9 Å². The largest absolute Gasteiger partial charge is 0.487 e. The van der Waals surface area contributed by atoms with E-state index in [0.717, 1.165) is 6.07 Å². The van der Waals surface area contributed by atoms with Gasteiger partial charge in [0.05, 0.1) is 28.0 Å². The summed E-state index contributed by atoms with van der Waals surface area (Å²) in [4.78, 5) is 41.5. The van der Waals surface area contributed by atoms with Gasteiger partial charge in [-0.25, -0.2) is 9.78 Å². The zero-order valence-corrected chi connectivity index (χ0v) is 14.3. The molecule has 0 aliphatic heterocycles. The van der Waals surface area contributed by atoms with Gasteiger partial charge in [0.25, 0.3) is 5.56 Å². The van der Waals surface area contributed by atoms with Crippen molar-refractivity contribution in [1.29, 1.82) is 0 Å². The van der Waals surface area contributed by atoms with E-state index in [1.807, 2.05) is 0 Å². The maximum absolute atomic E-state index is 12.2. The highest BCUT2D eigenvalue weighted by molar-refractivity contribution is 5.90. The zero-order valence-electron chi connectivity index (χ0n) is 14.3. The van der Waals surface area contributed by atoms with Gasteiger partial charge >= 0.3 is 11.7 Å². The number of hydrogen-bond donors (Lipinski definition) is 1. The van der Waals surface area contributed by atoms with Crippen LogP contribution in [0.15, 0.2) is 47.3 Å². The molecule has 1 aromatic heterocycles. The molecule has 0 bridgehead atoms. The van der Waals surface area contributed by atoms with E-state index in [1.54, 1.807) is 31.2 Å². The lowest BCUT2D eigenvalue weighted by Gasteiger charge is -2.07. The van der Waals surface area contributed by atoms with E-state index in [-0.39, 0.29) is 41.6 Å². The first-order chi connectivity index (χ1) is 13.0. The average molecular weight is 369 g/mol. The van der Waals surface area contributed by atoms with E-state index >= 15 is 0 Å². The highest BCUT2D eigenvalue weighted by Gasteiger charge is 2.19. The number of nitrogens with zero attached hydrogens (tertiary/aromatic N) is 2. The number of esters is 1. The van der Waals surface area contributed by atoms with Crippen LogP contribution >= 0.6 is 0 Å². The van der Waals surface area contributed by atoms with E-state index in [1.165, 1.54) is 12.1 Å². The Kier molecular flexibility index (Phi) is 5.11. The molecule has 0 aliphatic rings. The van der Waals surface area contributed by atoms with Gasteiger partial charge in [-0.15, -0.1) is 0 Å². The fourth-order valence-corrected chi connectivity index (χ4v) is 2.49. The monoisotopic (exact) mass is 369 g/mol. The molecule has 0 unspecified atom stereocenters. The fraction of sp³-hybridized carbons (Fsp3) is 0.167. The molecule has 0 radical (unpaired) electrons. The van der Waals surface area contributed by atoms with Crippen LogP contribution in [0.2, 0.25) is 0 Å². The summed E-state index contributed by atoms with van der Waals surface area (Å²) in [6, 6.07) is 10.6. The first-order valence-electron chi connectivity index (χ1n) is 8.06. The molecule has 3 rings (SSSR count). The number of H-pyrrole nitrogens is 1. The smallest absolute Gasteiger partial charge is 0.338 e. The predicted molar refractivity (Wildman–Crippen MR) is 95.7 cm³/mol. The van der Waals surface area contributed by atoms with Gasteiger partial charge in [-0.1, -0.05) is 12.1 Å². The number of aromatic amines is 1. The second-order valence-electron chi connectivity index (χ2n) is 5.48. The van der Waals surface area contributed by atoms with Crippen LogP contribution in [-0.2, 0) is 11.3 Å². The third kappa shape index (κ3) is 3.92. The molecule has 2 aromatic carbocycles. The molecule has 3 aromatic rings. The van der Waals surface area contributed by atoms with E-state index in [4.69, 9.17) is 9.47 Å². The summed E-state index contributed by atoms with van der Waals surface area (Å²) < 4.78 is 10.3. The van der Waals surface area contributed by atoms with Crippen LogP contribution in [0.1, 0.15) is 23.1 Å². The Balaban J connectivity index is 1.79. The minimum Gasteiger partial charge on any atom is -0.487 e. The summed E-state index contributed by atoms with van der Waals surface area (Å²) in [5, 5.41) is 11.6. The van der Waals surface area contributed by atoms with Gasteiger partial charge in [-0.2, -0.15) is 0 Å². The Morgan fingerprint density at radius 1 is 1.26 bits per heavy atom. The summed E-state index contributed by atoms with van der Waals surface area (Å²) >= 11 is 0. The summed E-state index contributed by atoms with van der Waals surface area (Å²) in [7, 11) is 0. The van der Waals surface area contributed by atoms with E-state index in [0.29, 0.717) is 10.9 Å². The van der Waals surface area contributed by atoms with Crippen molar-refractivity contribution >= 4 is 22.6 Å². The molecule has 0 saturated heterocycles. The lowest BCUT2D eigenvalue weighted by Crippen LogP contribution is -2.14. The molecule has 9 nitrogen and oxygen atoms in total. The molecular weight excluding hydrogens is 354 g/mol. The van der Waals surface area contributed by atoms with Crippen LogP contribution in [0.3, 0.4) is 0 Å². The molecule has 0 aliphatic carbocycles. The maximum Gasteiger partial charge on any atom is 0.338 e. The van der Waals surface area contributed by atoms with Crippen molar-refractivity contribution in [3.63, 3.8) is 0 Å². The number of nitro groups is 1. The van der Waals surface area contributed by atoms with Crippen molar-refractivity contribution in [1.82, 2.24) is 9.97 Å². The standard InChI is InChI=1S/C18H15N3O6/c1-2-26-15-8-7-11(9-14(15)21(24)25)18(23)27-10-16-19-13-6-4-3-5-12(13)17(22)20-16/h3-9H,2,10H2,1H3,(H,19,20,22). The number of nitro benzene ring substituents is 1.